The minimum Gasteiger partial charge on any atom is -0.454 e. The maximum Gasteiger partial charge on any atom is 0.387 e. The molecular formula is C17H26F2IN3O3S. The van der Waals surface area contributed by atoms with Crippen molar-refractivity contribution in [3.63, 3.8) is 0 Å². The lowest BCUT2D eigenvalue weighted by molar-refractivity contribution is -0.0505. The SMILES string of the molecule is CCNC(=NCc1cc2c(cc1OC(F)F)OCO2)NCC(C)(C)SC.I. The van der Waals surface area contributed by atoms with Crippen molar-refractivity contribution < 1.29 is 23.0 Å². The van der Waals surface area contributed by atoms with Gasteiger partial charge in [0.15, 0.2) is 17.5 Å². The van der Waals surface area contributed by atoms with Crippen LogP contribution < -0.4 is 24.8 Å². The standard InChI is InChI=1S/C17H25F2N3O3S.HI/c1-5-20-16(22-9-17(2,3)26-4)21-8-11-6-13-14(24-10-23-13)7-12(11)25-15(18)19;/h6-7,15H,5,8-10H2,1-4H3,(H2,20,21,22);1H. The highest BCUT2D eigenvalue weighted by atomic mass is 127. The van der Waals surface area contributed by atoms with Gasteiger partial charge in [-0.3, -0.25) is 0 Å². The van der Waals surface area contributed by atoms with Gasteiger partial charge in [0.2, 0.25) is 6.79 Å². The second kappa shape index (κ2) is 11.0. The first-order chi connectivity index (χ1) is 12.3. The minimum atomic E-state index is -2.92. The highest BCUT2D eigenvalue weighted by Crippen LogP contribution is 2.39. The van der Waals surface area contributed by atoms with Gasteiger partial charge >= 0.3 is 6.61 Å². The molecule has 0 atom stereocenters. The first-order valence-corrected chi connectivity index (χ1v) is 9.51. The third-order valence-corrected chi connectivity index (χ3v) is 5.01. The molecule has 0 saturated carbocycles. The molecule has 0 fully saturated rings. The summed E-state index contributed by atoms with van der Waals surface area (Å²) < 4.78 is 40.6. The first-order valence-electron chi connectivity index (χ1n) is 8.29. The van der Waals surface area contributed by atoms with Crippen LogP contribution in [0.2, 0.25) is 0 Å². The first kappa shape index (κ1) is 23.9. The molecule has 1 aromatic rings. The van der Waals surface area contributed by atoms with E-state index in [1.54, 1.807) is 17.8 Å². The van der Waals surface area contributed by atoms with Crippen LogP contribution in [-0.2, 0) is 6.54 Å². The molecule has 0 radical (unpaired) electrons. The number of aliphatic imine (C=N–C) groups is 1. The van der Waals surface area contributed by atoms with Crippen LogP contribution in [0.15, 0.2) is 17.1 Å². The predicted molar refractivity (Wildman–Crippen MR) is 115 cm³/mol. The molecule has 154 valence electrons. The van der Waals surface area contributed by atoms with E-state index in [0.717, 1.165) is 0 Å². The molecule has 2 N–H and O–H groups in total. The van der Waals surface area contributed by atoms with Crippen LogP contribution in [0.4, 0.5) is 8.78 Å². The van der Waals surface area contributed by atoms with Crippen molar-refractivity contribution in [2.75, 3.05) is 26.1 Å². The van der Waals surface area contributed by atoms with Crippen molar-refractivity contribution in [1.29, 1.82) is 0 Å². The molecule has 0 aromatic heterocycles. The molecule has 0 aliphatic carbocycles. The maximum absolute atomic E-state index is 12.7. The zero-order chi connectivity index (χ0) is 19.2. The molecule has 0 spiro atoms. The number of nitrogens with one attached hydrogen (secondary N) is 2. The molecule has 0 bridgehead atoms. The van der Waals surface area contributed by atoms with E-state index < -0.39 is 6.61 Å². The van der Waals surface area contributed by atoms with E-state index in [4.69, 9.17) is 9.47 Å². The quantitative estimate of drug-likeness (QED) is 0.311. The summed E-state index contributed by atoms with van der Waals surface area (Å²) in [6.45, 7) is 4.91. The van der Waals surface area contributed by atoms with Crippen molar-refractivity contribution >= 4 is 41.7 Å². The van der Waals surface area contributed by atoms with Gasteiger partial charge in [-0.25, -0.2) is 4.99 Å². The number of hydrogen-bond donors (Lipinski definition) is 2. The molecule has 1 aliphatic rings. The van der Waals surface area contributed by atoms with Gasteiger partial charge in [-0.15, -0.1) is 24.0 Å². The second-order valence-electron chi connectivity index (χ2n) is 6.20. The van der Waals surface area contributed by atoms with Gasteiger partial charge in [0.05, 0.1) is 6.54 Å². The van der Waals surface area contributed by atoms with Gasteiger partial charge < -0.3 is 24.8 Å². The Morgan fingerprint density at radius 2 is 1.96 bits per heavy atom. The third-order valence-electron chi connectivity index (χ3n) is 3.76. The second-order valence-corrected chi connectivity index (χ2v) is 7.72. The topological polar surface area (TPSA) is 64.1 Å². The third kappa shape index (κ3) is 7.40. The molecule has 1 aromatic carbocycles. The molecule has 1 heterocycles. The Bertz CT molecular complexity index is 648. The summed E-state index contributed by atoms with van der Waals surface area (Å²) in [5.41, 5.74) is 0.496. The molecule has 10 heteroatoms. The lowest BCUT2D eigenvalue weighted by Crippen LogP contribution is -2.43. The summed E-state index contributed by atoms with van der Waals surface area (Å²) in [4.78, 5) is 4.48. The van der Waals surface area contributed by atoms with E-state index in [1.807, 2.05) is 13.2 Å². The van der Waals surface area contributed by atoms with E-state index >= 15 is 0 Å². The van der Waals surface area contributed by atoms with Crippen LogP contribution in [0.25, 0.3) is 0 Å². The van der Waals surface area contributed by atoms with Crippen LogP contribution in [-0.4, -0.2) is 43.5 Å². The summed E-state index contributed by atoms with van der Waals surface area (Å²) >= 11 is 1.75. The number of thioether (sulfide) groups is 1. The van der Waals surface area contributed by atoms with Crippen LogP contribution in [0.1, 0.15) is 26.3 Å². The van der Waals surface area contributed by atoms with Crippen molar-refractivity contribution in [2.24, 2.45) is 4.99 Å². The van der Waals surface area contributed by atoms with Crippen LogP contribution >= 0.6 is 35.7 Å². The largest absolute Gasteiger partial charge is 0.454 e. The average Bonchev–Trinajstić information content (AvgIpc) is 3.04. The van der Waals surface area contributed by atoms with Gasteiger partial charge in [0.1, 0.15) is 5.75 Å². The zero-order valence-corrected chi connectivity index (χ0v) is 19.0. The van der Waals surface area contributed by atoms with Crippen molar-refractivity contribution in [2.45, 2.75) is 38.7 Å². The average molecular weight is 517 g/mol. The Kier molecular flexibility index (Phi) is 9.71. The number of hydrogen-bond acceptors (Lipinski definition) is 5. The number of ether oxygens (including phenoxy) is 3. The number of guanidine groups is 1. The van der Waals surface area contributed by atoms with Crippen molar-refractivity contribution in [3.05, 3.63) is 17.7 Å². The Morgan fingerprint density at radius 1 is 1.30 bits per heavy atom. The Balaban J connectivity index is 0.00000364. The van der Waals surface area contributed by atoms with E-state index in [0.29, 0.717) is 36.1 Å². The number of benzene rings is 1. The lowest BCUT2D eigenvalue weighted by atomic mass is 10.1. The lowest BCUT2D eigenvalue weighted by Gasteiger charge is -2.23. The van der Waals surface area contributed by atoms with Gasteiger partial charge in [-0.2, -0.15) is 20.5 Å². The molecule has 0 amide bonds. The fourth-order valence-electron chi connectivity index (χ4n) is 2.17. The van der Waals surface area contributed by atoms with Gasteiger partial charge in [0.25, 0.3) is 0 Å². The molecule has 2 rings (SSSR count). The van der Waals surface area contributed by atoms with Gasteiger partial charge in [-0.1, -0.05) is 0 Å². The van der Waals surface area contributed by atoms with Gasteiger partial charge in [-0.05, 0) is 33.1 Å². The highest BCUT2D eigenvalue weighted by molar-refractivity contribution is 14.0. The Morgan fingerprint density at radius 3 is 2.56 bits per heavy atom. The van der Waals surface area contributed by atoms with Crippen LogP contribution in [0, 0.1) is 0 Å². The molecule has 0 unspecified atom stereocenters. The smallest absolute Gasteiger partial charge is 0.387 e. The van der Waals surface area contributed by atoms with E-state index in [2.05, 4.69) is 34.2 Å². The summed E-state index contributed by atoms with van der Waals surface area (Å²) in [5, 5.41) is 6.41. The fourth-order valence-corrected chi connectivity index (χ4v) is 2.39. The van der Waals surface area contributed by atoms with E-state index in [9.17, 15) is 8.78 Å². The zero-order valence-electron chi connectivity index (χ0n) is 15.8. The fraction of sp³-hybridized carbons (Fsp3) is 0.588. The number of halogens is 3. The van der Waals surface area contributed by atoms with Crippen molar-refractivity contribution in [3.8, 4) is 17.2 Å². The van der Waals surface area contributed by atoms with Crippen molar-refractivity contribution in [1.82, 2.24) is 10.6 Å². The maximum atomic E-state index is 12.7. The summed E-state index contributed by atoms with van der Waals surface area (Å²) in [6.07, 6.45) is 2.05. The molecule has 27 heavy (non-hydrogen) atoms. The summed E-state index contributed by atoms with van der Waals surface area (Å²) in [6, 6.07) is 3.04. The van der Waals surface area contributed by atoms with E-state index in [-0.39, 0.29) is 47.8 Å². The summed E-state index contributed by atoms with van der Waals surface area (Å²) in [5.74, 6) is 1.53. The monoisotopic (exact) mass is 517 g/mol. The molecule has 0 saturated heterocycles. The molecule has 6 nitrogen and oxygen atoms in total. The number of alkyl halides is 2. The van der Waals surface area contributed by atoms with E-state index in [1.165, 1.54) is 6.07 Å². The number of rotatable bonds is 8. The van der Waals surface area contributed by atoms with Crippen LogP contribution in [0.5, 0.6) is 17.2 Å². The predicted octanol–water partition coefficient (Wildman–Crippen LogP) is 3.83. The summed E-state index contributed by atoms with van der Waals surface area (Å²) in [7, 11) is 0. The Hall–Kier alpha value is -1.17. The number of nitrogens with zero attached hydrogens (tertiary/aromatic N) is 1. The molecule has 1 aliphatic heterocycles. The van der Waals surface area contributed by atoms with Gasteiger partial charge in [0, 0.05) is 29.5 Å². The number of fused-ring (bicyclic) bond motifs is 1. The Labute approximate surface area is 179 Å². The highest BCUT2D eigenvalue weighted by Gasteiger charge is 2.20. The molecular weight excluding hydrogens is 491 g/mol. The normalized spacial score (nSPS) is 13.4. The minimum absolute atomic E-state index is 0. The van der Waals surface area contributed by atoms with Crippen LogP contribution in [0.3, 0.4) is 0 Å².